The predicted molar refractivity (Wildman–Crippen MR) is 116 cm³/mol. The zero-order chi connectivity index (χ0) is 20.1. The van der Waals surface area contributed by atoms with Gasteiger partial charge in [-0.15, -0.1) is 0 Å². The Labute approximate surface area is 172 Å². The van der Waals surface area contributed by atoms with Gasteiger partial charge in [0.15, 0.2) is 5.65 Å². The van der Waals surface area contributed by atoms with Gasteiger partial charge >= 0.3 is 6.01 Å². The SMILES string of the molecule is CCCCOc1nc(C)c2nc(-c3ccccc3)n(CCC3CCNCC3)c2n1. The van der Waals surface area contributed by atoms with E-state index in [1.54, 1.807) is 0 Å². The second-order valence-electron chi connectivity index (χ2n) is 7.90. The molecule has 0 bridgehead atoms. The van der Waals surface area contributed by atoms with Gasteiger partial charge in [0.1, 0.15) is 11.3 Å². The summed E-state index contributed by atoms with van der Waals surface area (Å²) in [5.74, 6) is 1.72. The first-order chi connectivity index (χ1) is 14.3. The second-order valence-corrected chi connectivity index (χ2v) is 7.90. The third-order valence-corrected chi connectivity index (χ3v) is 5.73. The van der Waals surface area contributed by atoms with E-state index in [-0.39, 0.29) is 0 Å². The number of imidazole rings is 1. The van der Waals surface area contributed by atoms with Gasteiger partial charge in [-0.05, 0) is 51.6 Å². The molecule has 3 heterocycles. The lowest BCUT2D eigenvalue weighted by molar-refractivity contribution is 0.285. The van der Waals surface area contributed by atoms with E-state index in [1.807, 2.05) is 13.0 Å². The van der Waals surface area contributed by atoms with Gasteiger partial charge in [0.05, 0.1) is 12.3 Å². The summed E-state index contributed by atoms with van der Waals surface area (Å²) >= 11 is 0. The van der Waals surface area contributed by atoms with Crippen molar-refractivity contribution in [3.05, 3.63) is 36.0 Å². The molecule has 1 aromatic carbocycles. The minimum atomic E-state index is 0.464. The molecule has 154 valence electrons. The summed E-state index contributed by atoms with van der Waals surface area (Å²) in [5, 5.41) is 3.46. The molecule has 1 aliphatic heterocycles. The number of rotatable bonds is 8. The van der Waals surface area contributed by atoms with Crippen LogP contribution in [0.15, 0.2) is 30.3 Å². The summed E-state index contributed by atoms with van der Waals surface area (Å²) in [6.07, 6.45) is 5.72. The number of hydrogen-bond donors (Lipinski definition) is 1. The Bertz CT molecular complexity index is 931. The van der Waals surface area contributed by atoms with E-state index in [9.17, 15) is 0 Å². The van der Waals surface area contributed by atoms with Crippen molar-refractivity contribution in [1.82, 2.24) is 24.8 Å². The first-order valence-electron chi connectivity index (χ1n) is 10.9. The molecule has 4 rings (SSSR count). The number of aromatic nitrogens is 4. The standard InChI is InChI=1S/C23H31N5O/c1-3-4-16-29-23-25-17(2)20-22(27-23)28(15-12-18-10-13-24-14-11-18)21(26-20)19-8-6-5-7-9-19/h5-9,18,24H,3-4,10-16H2,1-2H3. The highest BCUT2D eigenvalue weighted by Crippen LogP contribution is 2.28. The lowest BCUT2D eigenvalue weighted by atomic mass is 9.95. The summed E-state index contributed by atoms with van der Waals surface area (Å²) in [4.78, 5) is 14.3. The van der Waals surface area contributed by atoms with Crippen LogP contribution in [0, 0.1) is 12.8 Å². The van der Waals surface area contributed by atoms with Crippen LogP contribution in [0.3, 0.4) is 0 Å². The first kappa shape index (κ1) is 19.8. The van der Waals surface area contributed by atoms with Crippen LogP contribution in [0.5, 0.6) is 6.01 Å². The molecule has 0 unspecified atom stereocenters. The van der Waals surface area contributed by atoms with Crippen molar-refractivity contribution in [2.45, 2.75) is 52.5 Å². The fraction of sp³-hybridized carbons (Fsp3) is 0.522. The van der Waals surface area contributed by atoms with Crippen LogP contribution >= 0.6 is 0 Å². The highest BCUT2D eigenvalue weighted by molar-refractivity contribution is 5.79. The average Bonchev–Trinajstić information content (AvgIpc) is 3.13. The number of ether oxygens (including phenoxy) is 1. The Morgan fingerprint density at radius 2 is 1.90 bits per heavy atom. The number of nitrogens with one attached hydrogen (secondary N) is 1. The van der Waals surface area contributed by atoms with Crippen LogP contribution in [0.2, 0.25) is 0 Å². The van der Waals surface area contributed by atoms with Crippen LogP contribution in [0.1, 0.15) is 44.7 Å². The van der Waals surface area contributed by atoms with E-state index in [2.05, 4.69) is 46.1 Å². The third kappa shape index (κ3) is 4.58. The normalized spacial score (nSPS) is 15.1. The van der Waals surface area contributed by atoms with E-state index in [0.717, 1.165) is 73.1 Å². The molecule has 0 radical (unpaired) electrons. The minimum absolute atomic E-state index is 0.464. The van der Waals surface area contributed by atoms with Gasteiger partial charge in [0, 0.05) is 12.1 Å². The van der Waals surface area contributed by atoms with Gasteiger partial charge in [-0.25, -0.2) is 4.98 Å². The van der Waals surface area contributed by atoms with Crippen LogP contribution in [-0.2, 0) is 6.54 Å². The molecule has 1 saturated heterocycles. The lowest BCUT2D eigenvalue weighted by Gasteiger charge is -2.23. The molecule has 6 nitrogen and oxygen atoms in total. The van der Waals surface area contributed by atoms with E-state index >= 15 is 0 Å². The number of piperidine rings is 1. The predicted octanol–water partition coefficient (Wildman–Crippen LogP) is 4.37. The summed E-state index contributed by atoms with van der Waals surface area (Å²) in [5.41, 5.74) is 3.75. The largest absolute Gasteiger partial charge is 0.463 e. The van der Waals surface area contributed by atoms with Gasteiger partial charge in [-0.3, -0.25) is 0 Å². The maximum atomic E-state index is 5.83. The molecule has 6 heteroatoms. The number of benzene rings is 1. The maximum Gasteiger partial charge on any atom is 0.318 e. The zero-order valence-electron chi connectivity index (χ0n) is 17.5. The van der Waals surface area contributed by atoms with Crippen molar-refractivity contribution >= 4 is 11.2 Å². The van der Waals surface area contributed by atoms with Crippen molar-refractivity contribution in [1.29, 1.82) is 0 Å². The Morgan fingerprint density at radius 1 is 1.10 bits per heavy atom. The van der Waals surface area contributed by atoms with Crippen molar-refractivity contribution in [2.75, 3.05) is 19.7 Å². The molecule has 1 aliphatic rings. The third-order valence-electron chi connectivity index (χ3n) is 5.73. The van der Waals surface area contributed by atoms with Crippen LogP contribution in [0.4, 0.5) is 0 Å². The Balaban J connectivity index is 1.70. The van der Waals surface area contributed by atoms with E-state index in [4.69, 9.17) is 14.7 Å². The molecule has 3 aromatic rings. The van der Waals surface area contributed by atoms with Crippen LogP contribution in [0.25, 0.3) is 22.6 Å². The fourth-order valence-corrected chi connectivity index (χ4v) is 3.99. The molecule has 0 atom stereocenters. The summed E-state index contributed by atoms with van der Waals surface area (Å²) < 4.78 is 8.10. The maximum absolute atomic E-state index is 5.83. The van der Waals surface area contributed by atoms with Crippen LogP contribution in [-0.4, -0.2) is 39.2 Å². The smallest absolute Gasteiger partial charge is 0.318 e. The summed E-state index contributed by atoms with van der Waals surface area (Å²) in [7, 11) is 0. The van der Waals surface area contributed by atoms with E-state index in [0.29, 0.717) is 12.6 Å². The van der Waals surface area contributed by atoms with Gasteiger partial charge in [0.25, 0.3) is 0 Å². The summed E-state index contributed by atoms with van der Waals surface area (Å²) in [6, 6.07) is 10.8. The molecular weight excluding hydrogens is 362 g/mol. The van der Waals surface area contributed by atoms with E-state index < -0.39 is 0 Å². The molecule has 2 aromatic heterocycles. The lowest BCUT2D eigenvalue weighted by Crippen LogP contribution is -2.28. The van der Waals surface area contributed by atoms with Gasteiger partial charge in [-0.2, -0.15) is 9.97 Å². The minimum Gasteiger partial charge on any atom is -0.463 e. The van der Waals surface area contributed by atoms with Gasteiger partial charge in [-0.1, -0.05) is 43.7 Å². The van der Waals surface area contributed by atoms with Crippen molar-refractivity contribution in [2.24, 2.45) is 5.92 Å². The number of nitrogens with zero attached hydrogens (tertiary/aromatic N) is 4. The zero-order valence-corrected chi connectivity index (χ0v) is 17.5. The second kappa shape index (κ2) is 9.35. The number of hydrogen-bond acceptors (Lipinski definition) is 5. The Kier molecular flexibility index (Phi) is 6.39. The van der Waals surface area contributed by atoms with Gasteiger partial charge in [0.2, 0.25) is 0 Å². The highest BCUT2D eigenvalue weighted by atomic mass is 16.5. The molecule has 29 heavy (non-hydrogen) atoms. The number of aryl methyl sites for hydroxylation is 2. The molecule has 0 spiro atoms. The Hall–Kier alpha value is -2.47. The van der Waals surface area contributed by atoms with Gasteiger partial charge < -0.3 is 14.6 Å². The van der Waals surface area contributed by atoms with Crippen molar-refractivity contribution in [3.8, 4) is 17.4 Å². The molecule has 0 saturated carbocycles. The molecule has 0 amide bonds. The quantitative estimate of drug-likeness (QED) is 0.576. The monoisotopic (exact) mass is 393 g/mol. The molecular formula is C23H31N5O. The summed E-state index contributed by atoms with van der Waals surface area (Å²) in [6.45, 7) is 7.96. The van der Waals surface area contributed by atoms with E-state index in [1.165, 1.54) is 12.8 Å². The molecule has 1 N–H and O–H groups in total. The van der Waals surface area contributed by atoms with Crippen molar-refractivity contribution in [3.63, 3.8) is 0 Å². The Morgan fingerprint density at radius 3 is 2.66 bits per heavy atom. The average molecular weight is 394 g/mol. The van der Waals surface area contributed by atoms with Crippen LogP contribution < -0.4 is 10.1 Å². The highest BCUT2D eigenvalue weighted by Gasteiger charge is 2.20. The first-order valence-corrected chi connectivity index (χ1v) is 10.9. The van der Waals surface area contributed by atoms with Crippen molar-refractivity contribution < 1.29 is 4.74 Å². The number of unbranched alkanes of at least 4 members (excludes halogenated alkanes) is 1. The molecule has 0 aliphatic carbocycles. The topological polar surface area (TPSA) is 64.9 Å². The number of fused-ring (bicyclic) bond motifs is 1. The molecule has 1 fully saturated rings. The fourth-order valence-electron chi connectivity index (χ4n) is 3.99.